The predicted octanol–water partition coefficient (Wildman–Crippen LogP) is 1.22. The number of nitrogens with zero attached hydrogens (tertiary/aromatic N) is 2. The van der Waals surface area contributed by atoms with Crippen LogP contribution in [0.15, 0.2) is 12.3 Å². The van der Waals surface area contributed by atoms with Gasteiger partial charge in [-0.15, -0.1) is 0 Å². The summed E-state index contributed by atoms with van der Waals surface area (Å²) in [4.78, 5) is 18.4. The molecule has 0 spiro atoms. The normalized spacial score (nSPS) is 21.6. The molecular weight excluding hydrogens is 256 g/mol. The average molecular weight is 278 g/mol. The first-order valence-corrected chi connectivity index (χ1v) is 6.81. The number of amides is 1. The quantitative estimate of drug-likeness (QED) is 0.865. The van der Waals surface area contributed by atoms with Gasteiger partial charge in [-0.25, -0.2) is 4.98 Å². The molecule has 1 aliphatic carbocycles. The second kappa shape index (κ2) is 6.09. The van der Waals surface area contributed by atoms with Crippen molar-refractivity contribution in [3.8, 4) is 5.88 Å². The third-order valence-electron chi connectivity index (χ3n) is 3.72. The van der Waals surface area contributed by atoms with Crippen LogP contribution in [0.5, 0.6) is 5.88 Å². The highest BCUT2D eigenvalue weighted by Crippen LogP contribution is 2.33. The predicted molar refractivity (Wildman–Crippen MR) is 79.1 cm³/mol. The average Bonchev–Trinajstić information content (AvgIpc) is 2.85. The van der Waals surface area contributed by atoms with E-state index in [0.29, 0.717) is 11.6 Å². The standard InChI is InChI=1S/C14H22N4O2/c1-18(2)11-7-8-16-14(20-3)12(11)17-13(19)9-5-4-6-10(9)15/h7-10H,4-6,15H2,1-3H3,(H,17,19). The monoisotopic (exact) mass is 278 g/mol. The van der Waals surface area contributed by atoms with E-state index < -0.39 is 0 Å². The number of carbonyl (C=O) groups excluding carboxylic acids is 1. The molecule has 1 amide bonds. The third-order valence-corrected chi connectivity index (χ3v) is 3.72. The maximum atomic E-state index is 12.4. The number of hydrogen-bond donors (Lipinski definition) is 2. The molecule has 1 aromatic rings. The number of methoxy groups -OCH3 is 1. The fourth-order valence-electron chi connectivity index (χ4n) is 2.61. The highest BCUT2D eigenvalue weighted by molar-refractivity contribution is 5.97. The number of rotatable bonds is 4. The number of ether oxygens (including phenoxy) is 1. The first kappa shape index (κ1) is 14.6. The topological polar surface area (TPSA) is 80.5 Å². The molecule has 2 rings (SSSR count). The van der Waals surface area contributed by atoms with Crippen molar-refractivity contribution in [1.82, 2.24) is 4.98 Å². The minimum Gasteiger partial charge on any atom is -0.479 e. The van der Waals surface area contributed by atoms with Crippen LogP contribution in [0.1, 0.15) is 19.3 Å². The van der Waals surface area contributed by atoms with Crippen LogP contribution in [-0.4, -0.2) is 38.1 Å². The summed E-state index contributed by atoms with van der Waals surface area (Å²) in [6, 6.07) is 1.78. The van der Waals surface area contributed by atoms with Crippen LogP contribution in [0.3, 0.4) is 0 Å². The highest BCUT2D eigenvalue weighted by atomic mass is 16.5. The summed E-state index contributed by atoms with van der Waals surface area (Å²) in [5.74, 6) is 0.232. The molecule has 1 aliphatic rings. The number of aromatic nitrogens is 1. The fourth-order valence-corrected chi connectivity index (χ4v) is 2.61. The summed E-state index contributed by atoms with van der Waals surface area (Å²) < 4.78 is 5.24. The fraction of sp³-hybridized carbons (Fsp3) is 0.571. The molecule has 0 radical (unpaired) electrons. The van der Waals surface area contributed by atoms with Crippen LogP contribution in [0, 0.1) is 5.92 Å². The Labute approximate surface area is 119 Å². The van der Waals surface area contributed by atoms with E-state index in [2.05, 4.69) is 10.3 Å². The number of anilines is 2. The molecule has 6 nitrogen and oxygen atoms in total. The van der Waals surface area contributed by atoms with E-state index in [0.717, 1.165) is 24.9 Å². The summed E-state index contributed by atoms with van der Waals surface area (Å²) in [5, 5.41) is 2.94. The molecule has 2 atom stereocenters. The highest BCUT2D eigenvalue weighted by Gasteiger charge is 2.31. The van der Waals surface area contributed by atoms with Crippen molar-refractivity contribution in [3.63, 3.8) is 0 Å². The molecule has 0 aliphatic heterocycles. The molecule has 2 unspecified atom stereocenters. The molecular formula is C14H22N4O2. The maximum absolute atomic E-state index is 12.4. The van der Waals surface area contributed by atoms with Crippen molar-refractivity contribution in [1.29, 1.82) is 0 Å². The Morgan fingerprint density at radius 2 is 2.25 bits per heavy atom. The molecule has 0 aromatic carbocycles. The van der Waals surface area contributed by atoms with Crippen LogP contribution in [0.4, 0.5) is 11.4 Å². The molecule has 6 heteroatoms. The van der Waals surface area contributed by atoms with E-state index in [9.17, 15) is 4.79 Å². The Bertz CT molecular complexity index is 490. The number of hydrogen-bond acceptors (Lipinski definition) is 5. The van der Waals surface area contributed by atoms with Gasteiger partial charge in [-0.1, -0.05) is 6.42 Å². The largest absolute Gasteiger partial charge is 0.479 e. The number of nitrogens with one attached hydrogen (secondary N) is 1. The Morgan fingerprint density at radius 1 is 1.50 bits per heavy atom. The van der Waals surface area contributed by atoms with Gasteiger partial charge in [0.15, 0.2) is 0 Å². The van der Waals surface area contributed by atoms with E-state index in [4.69, 9.17) is 10.5 Å². The van der Waals surface area contributed by atoms with Gasteiger partial charge >= 0.3 is 0 Å². The van der Waals surface area contributed by atoms with Gasteiger partial charge in [-0.3, -0.25) is 4.79 Å². The van der Waals surface area contributed by atoms with Crippen molar-refractivity contribution in [2.75, 3.05) is 31.4 Å². The lowest BCUT2D eigenvalue weighted by Gasteiger charge is -2.21. The van der Waals surface area contributed by atoms with Crippen LogP contribution < -0.4 is 20.7 Å². The van der Waals surface area contributed by atoms with Gasteiger partial charge in [0.25, 0.3) is 0 Å². The van der Waals surface area contributed by atoms with E-state index >= 15 is 0 Å². The Hall–Kier alpha value is -1.82. The van der Waals surface area contributed by atoms with E-state index in [1.54, 1.807) is 13.3 Å². The number of carbonyl (C=O) groups is 1. The summed E-state index contributed by atoms with van der Waals surface area (Å²) in [6.45, 7) is 0. The number of nitrogens with two attached hydrogens (primary N) is 1. The first-order valence-electron chi connectivity index (χ1n) is 6.81. The van der Waals surface area contributed by atoms with Crippen molar-refractivity contribution in [3.05, 3.63) is 12.3 Å². The lowest BCUT2D eigenvalue weighted by Crippen LogP contribution is -2.34. The molecule has 110 valence electrons. The molecule has 0 bridgehead atoms. The summed E-state index contributed by atoms with van der Waals surface area (Å²) in [7, 11) is 5.36. The SMILES string of the molecule is COc1nccc(N(C)C)c1NC(=O)C1CCCC1N. The van der Waals surface area contributed by atoms with Gasteiger partial charge < -0.3 is 20.7 Å². The smallest absolute Gasteiger partial charge is 0.239 e. The van der Waals surface area contributed by atoms with Gasteiger partial charge in [0, 0.05) is 26.3 Å². The van der Waals surface area contributed by atoms with Gasteiger partial charge in [-0.2, -0.15) is 0 Å². The summed E-state index contributed by atoms with van der Waals surface area (Å²) in [6.07, 6.45) is 4.41. The maximum Gasteiger partial charge on any atom is 0.239 e. The van der Waals surface area contributed by atoms with Gasteiger partial charge in [-0.05, 0) is 18.9 Å². The lowest BCUT2D eigenvalue weighted by molar-refractivity contribution is -0.120. The Morgan fingerprint density at radius 3 is 2.80 bits per heavy atom. The first-order chi connectivity index (χ1) is 9.54. The molecule has 3 N–H and O–H groups in total. The zero-order valence-electron chi connectivity index (χ0n) is 12.2. The minimum atomic E-state index is -0.130. The summed E-state index contributed by atoms with van der Waals surface area (Å²) >= 11 is 0. The van der Waals surface area contributed by atoms with Crippen LogP contribution in [-0.2, 0) is 4.79 Å². The molecule has 1 aromatic heterocycles. The second-order valence-electron chi connectivity index (χ2n) is 5.30. The van der Waals surface area contributed by atoms with Crippen molar-refractivity contribution >= 4 is 17.3 Å². The third kappa shape index (κ3) is 2.85. The van der Waals surface area contributed by atoms with E-state index in [1.165, 1.54) is 0 Å². The molecule has 1 saturated carbocycles. The van der Waals surface area contributed by atoms with Crippen LogP contribution >= 0.6 is 0 Å². The second-order valence-corrected chi connectivity index (χ2v) is 5.30. The van der Waals surface area contributed by atoms with Crippen LogP contribution in [0.2, 0.25) is 0 Å². The summed E-state index contributed by atoms with van der Waals surface area (Å²) in [5.41, 5.74) is 7.44. The van der Waals surface area contributed by atoms with Crippen molar-refractivity contribution < 1.29 is 9.53 Å². The van der Waals surface area contributed by atoms with Crippen molar-refractivity contribution in [2.45, 2.75) is 25.3 Å². The molecule has 0 saturated heterocycles. The van der Waals surface area contributed by atoms with Crippen molar-refractivity contribution in [2.24, 2.45) is 11.7 Å². The van der Waals surface area contributed by atoms with Gasteiger partial charge in [0.1, 0.15) is 5.69 Å². The van der Waals surface area contributed by atoms with Gasteiger partial charge in [0.2, 0.25) is 11.8 Å². The Kier molecular flexibility index (Phi) is 4.44. The van der Waals surface area contributed by atoms with Gasteiger partial charge in [0.05, 0.1) is 18.7 Å². The van der Waals surface area contributed by atoms with E-state index in [-0.39, 0.29) is 17.9 Å². The zero-order valence-corrected chi connectivity index (χ0v) is 12.2. The van der Waals surface area contributed by atoms with Crippen LogP contribution in [0.25, 0.3) is 0 Å². The Balaban J connectivity index is 2.25. The minimum absolute atomic E-state index is 0.0515. The molecule has 1 fully saturated rings. The molecule has 20 heavy (non-hydrogen) atoms. The lowest BCUT2D eigenvalue weighted by atomic mass is 10.0. The molecule has 1 heterocycles. The number of pyridine rings is 1. The van der Waals surface area contributed by atoms with E-state index in [1.807, 2.05) is 25.1 Å². The zero-order chi connectivity index (χ0) is 14.7.